The summed E-state index contributed by atoms with van der Waals surface area (Å²) in [4.78, 5) is 8.70. The molecule has 24 heavy (non-hydrogen) atoms. The zero-order valence-electron chi connectivity index (χ0n) is 14.1. The maximum absolute atomic E-state index is 6.33. The van der Waals surface area contributed by atoms with Gasteiger partial charge in [0.15, 0.2) is 0 Å². The van der Waals surface area contributed by atoms with E-state index in [4.69, 9.17) is 10.7 Å². The second kappa shape index (κ2) is 7.69. The largest absolute Gasteiger partial charge is 0.356 e. The summed E-state index contributed by atoms with van der Waals surface area (Å²) in [6.45, 7) is 4.33. The Hall–Kier alpha value is -0.680. The molecule has 2 aromatic rings. The summed E-state index contributed by atoms with van der Waals surface area (Å²) < 4.78 is 0. The fourth-order valence-corrected chi connectivity index (χ4v) is 4.54. The van der Waals surface area contributed by atoms with Gasteiger partial charge in [-0.1, -0.05) is 6.07 Å². The number of nitrogens with zero attached hydrogens (tertiary/aromatic N) is 2. The third-order valence-corrected chi connectivity index (χ3v) is 6.17. The van der Waals surface area contributed by atoms with Crippen LogP contribution in [0.2, 0.25) is 0 Å². The van der Waals surface area contributed by atoms with Gasteiger partial charge in [-0.3, -0.25) is 0 Å². The van der Waals surface area contributed by atoms with Gasteiger partial charge in [0.2, 0.25) is 0 Å². The number of rotatable bonds is 2. The van der Waals surface area contributed by atoms with Crippen molar-refractivity contribution in [2.24, 2.45) is 17.6 Å². The Morgan fingerprint density at radius 3 is 2.42 bits per heavy atom. The summed E-state index contributed by atoms with van der Waals surface area (Å²) in [7, 11) is 0. The summed E-state index contributed by atoms with van der Waals surface area (Å²) in [6.07, 6.45) is 4.68. The van der Waals surface area contributed by atoms with Crippen molar-refractivity contribution in [2.45, 2.75) is 30.7 Å². The van der Waals surface area contributed by atoms with Gasteiger partial charge >= 0.3 is 0 Å². The molecule has 0 spiro atoms. The molecular formula is C18H25Cl2N3S. The van der Waals surface area contributed by atoms with Crippen molar-refractivity contribution >= 4 is 53.3 Å². The summed E-state index contributed by atoms with van der Waals surface area (Å²) in [5, 5.41) is 1.26. The molecule has 3 atom stereocenters. The number of anilines is 1. The second-order valence-corrected chi connectivity index (χ2v) is 7.64. The maximum atomic E-state index is 6.33. The van der Waals surface area contributed by atoms with Crippen LogP contribution in [0.5, 0.6) is 0 Å². The molecule has 2 N–H and O–H groups in total. The molecule has 2 bridgehead atoms. The SMILES string of the molecule is CSc1ccc2c(C)cc(N3C[C@H]4CC[C@@H](C3)C4N)nc2c1.Cl.Cl. The highest BCUT2D eigenvalue weighted by molar-refractivity contribution is 7.98. The average Bonchev–Trinajstić information content (AvgIpc) is 2.75. The minimum Gasteiger partial charge on any atom is -0.356 e. The van der Waals surface area contributed by atoms with Gasteiger partial charge in [0, 0.05) is 29.4 Å². The maximum Gasteiger partial charge on any atom is 0.129 e. The van der Waals surface area contributed by atoms with Crippen LogP contribution in [0.15, 0.2) is 29.2 Å². The number of hydrogen-bond acceptors (Lipinski definition) is 4. The molecule has 3 nitrogen and oxygen atoms in total. The molecular weight excluding hydrogens is 361 g/mol. The minimum absolute atomic E-state index is 0. The monoisotopic (exact) mass is 385 g/mol. The lowest BCUT2D eigenvalue weighted by molar-refractivity contribution is 0.355. The number of aromatic nitrogens is 1. The van der Waals surface area contributed by atoms with Crippen molar-refractivity contribution in [3.63, 3.8) is 0 Å². The van der Waals surface area contributed by atoms with Crippen molar-refractivity contribution in [2.75, 3.05) is 24.2 Å². The van der Waals surface area contributed by atoms with E-state index < -0.39 is 0 Å². The van der Waals surface area contributed by atoms with Gasteiger partial charge in [-0.25, -0.2) is 4.98 Å². The van der Waals surface area contributed by atoms with Gasteiger partial charge < -0.3 is 10.6 Å². The minimum atomic E-state index is 0. The molecule has 0 radical (unpaired) electrons. The van der Waals surface area contributed by atoms with Crippen molar-refractivity contribution in [3.05, 3.63) is 29.8 Å². The van der Waals surface area contributed by atoms with Crippen LogP contribution < -0.4 is 10.6 Å². The van der Waals surface area contributed by atoms with Crippen molar-refractivity contribution < 1.29 is 0 Å². The van der Waals surface area contributed by atoms with E-state index in [0.29, 0.717) is 17.9 Å². The first-order chi connectivity index (χ1) is 10.7. The zero-order chi connectivity index (χ0) is 15.3. The second-order valence-electron chi connectivity index (χ2n) is 6.76. The van der Waals surface area contributed by atoms with Crippen LogP contribution in [-0.4, -0.2) is 30.4 Å². The fourth-order valence-electron chi connectivity index (χ4n) is 4.11. The van der Waals surface area contributed by atoms with E-state index in [1.165, 1.54) is 28.7 Å². The lowest BCUT2D eigenvalue weighted by Crippen LogP contribution is -2.49. The Morgan fingerprint density at radius 2 is 1.79 bits per heavy atom. The van der Waals surface area contributed by atoms with Crippen LogP contribution in [0, 0.1) is 18.8 Å². The first-order valence-electron chi connectivity index (χ1n) is 8.11. The number of pyridine rings is 1. The normalized spacial score (nSPS) is 25.3. The number of aryl methyl sites for hydroxylation is 1. The fraction of sp³-hybridized carbons (Fsp3) is 0.500. The van der Waals surface area contributed by atoms with Crippen LogP contribution in [-0.2, 0) is 0 Å². The number of fused-ring (bicyclic) bond motifs is 3. The summed E-state index contributed by atoms with van der Waals surface area (Å²) >= 11 is 1.77. The van der Waals surface area contributed by atoms with E-state index in [2.05, 4.69) is 42.3 Å². The van der Waals surface area contributed by atoms with Crippen molar-refractivity contribution in [1.82, 2.24) is 4.98 Å². The first kappa shape index (κ1) is 19.6. The third kappa shape index (κ3) is 3.34. The number of benzene rings is 1. The number of piperidine rings is 1. The zero-order valence-corrected chi connectivity index (χ0v) is 16.5. The van der Waals surface area contributed by atoms with Crippen LogP contribution in [0.4, 0.5) is 5.82 Å². The van der Waals surface area contributed by atoms with Crippen molar-refractivity contribution in [1.29, 1.82) is 0 Å². The number of halogens is 2. The Kier molecular flexibility index (Phi) is 6.29. The molecule has 132 valence electrons. The van der Waals surface area contributed by atoms with Gasteiger partial charge in [0.05, 0.1) is 5.52 Å². The summed E-state index contributed by atoms with van der Waals surface area (Å²) in [5.41, 5.74) is 8.76. The van der Waals surface area contributed by atoms with E-state index in [0.717, 1.165) is 24.4 Å². The molecule has 1 aromatic carbocycles. The van der Waals surface area contributed by atoms with E-state index >= 15 is 0 Å². The van der Waals surface area contributed by atoms with E-state index in [-0.39, 0.29) is 24.8 Å². The van der Waals surface area contributed by atoms with E-state index in [9.17, 15) is 0 Å². The first-order valence-corrected chi connectivity index (χ1v) is 9.34. The summed E-state index contributed by atoms with van der Waals surface area (Å²) in [5.74, 6) is 2.43. The molecule has 1 unspecified atom stereocenters. The smallest absolute Gasteiger partial charge is 0.129 e. The van der Waals surface area contributed by atoms with E-state index in [1.807, 2.05) is 0 Å². The number of thioether (sulfide) groups is 1. The Labute approximate surface area is 160 Å². The van der Waals surface area contributed by atoms with E-state index in [1.54, 1.807) is 11.8 Å². The highest BCUT2D eigenvalue weighted by Gasteiger charge is 2.40. The molecule has 1 aliphatic carbocycles. The number of nitrogens with two attached hydrogens (primary N) is 1. The standard InChI is InChI=1S/C18H23N3S.2ClH/c1-11-7-17(20-16-8-14(22-2)5-6-15(11)16)21-9-12-3-4-13(10-21)18(12)19;;/h5-8,12-13,18H,3-4,9-10,19H2,1-2H3;2*1H/t12-,13+,18?;;. The van der Waals surface area contributed by atoms with Gasteiger partial charge in [-0.05, 0) is 61.6 Å². The average molecular weight is 386 g/mol. The number of hydrogen-bond donors (Lipinski definition) is 1. The summed E-state index contributed by atoms with van der Waals surface area (Å²) in [6, 6.07) is 9.24. The highest BCUT2D eigenvalue weighted by Crippen LogP contribution is 2.37. The van der Waals surface area contributed by atoms with Gasteiger partial charge in [-0.2, -0.15) is 0 Å². The molecule has 1 aliphatic heterocycles. The highest BCUT2D eigenvalue weighted by atomic mass is 35.5. The Bertz CT molecular complexity index is 711. The van der Waals surface area contributed by atoms with Gasteiger partial charge in [-0.15, -0.1) is 36.6 Å². The van der Waals surface area contributed by atoms with Gasteiger partial charge in [0.1, 0.15) is 5.82 Å². The molecule has 1 aromatic heterocycles. The molecule has 2 fully saturated rings. The Morgan fingerprint density at radius 1 is 1.12 bits per heavy atom. The molecule has 1 saturated heterocycles. The topological polar surface area (TPSA) is 42.1 Å². The molecule has 2 aliphatic rings. The molecule has 2 heterocycles. The van der Waals surface area contributed by atoms with Crippen LogP contribution >= 0.6 is 36.6 Å². The predicted molar refractivity (Wildman–Crippen MR) is 109 cm³/mol. The van der Waals surface area contributed by atoms with Crippen LogP contribution in [0.1, 0.15) is 18.4 Å². The van der Waals surface area contributed by atoms with Crippen LogP contribution in [0.3, 0.4) is 0 Å². The quantitative estimate of drug-likeness (QED) is 0.783. The Balaban J connectivity index is 0.00000104. The van der Waals surface area contributed by atoms with Crippen molar-refractivity contribution in [3.8, 4) is 0 Å². The van der Waals surface area contributed by atoms with Gasteiger partial charge in [0.25, 0.3) is 0 Å². The lowest BCUT2D eigenvalue weighted by atomic mass is 9.93. The third-order valence-electron chi connectivity index (χ3n) is 5.44. The molecule has 1 saturated carbocycles. The lowest BCUT2D eigenvalue weighted by Gasteiger charge is -2.37. The predicted octanol–water partition coefficient (Wildman–Crippen LogP) is 4.28. The molecule has 4 rings (SSSR count). The molecule has 6 heteroatoms. The van der Waals surface area contributed by atoms with Crippen LogP contribution in [0.25, 0.3) is 10.9 Å². The molecule has 0 amide bonds.